The molecule has 11 nitrogen and oxygen atoms in total. The number of ether oxygens (including phenoxy) is 3. The van der Waals surface area contributed by atoms with Crippen LogP contribution in [-0.4, -0.2) is 62.4 Å². The van der Waals surface area contributed by atoms with Gasteiger partial charge >= 0.3 is 17.9 Å². The number of esters is 3. The van der Waals surface area contributed by atoms with Crippen LogP contribution in [0.5, 0.6) is 11.5 Å². The third-order valence-corrected chi connectivity index (χ3v) is 9.51. The molecule has 0 spiro atoms. The summed E-state index contributed by atoms with van der Waals surface area (Å²) >= 11 is 0. The average Bonchev–Trinajstić information content (AvgIpc) is 3.24. The molecule has 0 unspecified atom stereocenters. The SMILES string of the molecule is C=CC(=O)OCCN(CCCO)c1ccc(C=C(C#N)C(=O)Oc2ccc(C(C)(C)c3ccc(OC(=O)C(C#N)=Cc4ccc(N(CC)CC)cc4)cc3)cc2)cc1. The minimum atomic E-state index is -0.806. The summed E-state index contributed by atoms with van der Waals surface area (Å²) in [6, 6.07) is 32.7. The number of hydrogen-bond donors (Lipinski definition) is 1. The van der Waals surface area contributed by atoms with E-state index in [4.69, 9.17) is 14.2 Å². The van der Waals surface area contributed by atoms with Crippen molar-refractivity contribution >= 4 is 41.4 Å². The van der Waals surface area contributed by atoms with E-state index in [-0.39, 0.29) is 30.1 Å². The highest BCUT2D eigenvalue weighted by Gasteiger charge is 2.24. The van der Waals surface area contributed by atoms with Gasteiger partial charge in [-0.1, -0.05) is 69.0 Å². The van der Waals surface area contributed by atoms with Crippen LogP contribution in [0.1, 0.15) is 56.4 Å². The summed E-state index contributed by atoms with van der Waals surface area (Å²) in [7, 11) is 0. The number of anilines is 2. The highest BCUT2D eigenvalue weighted by molar-refractivity contribution is 5.99. The van der Waals surface area contributed by atoms with Crippen LogP contribution in [0.4, 0.5) is 11.4 Å². The van der Waals surface area contributed by atoms with E-state index in [1.807, 2.05) is 91.5 Å². The maximum absolute atomic E-state index is 13.0. The van der Waals surface area contributed by atoms with Gasteiger partial charge in [-0.05, 0) is 103 Å². The van der Waals surface area contributed by atoms with Gasteiger partial charge in [-0.2, -0.15) is 10.5 Å². The number of nitrogens with zero attached hydrogens (tertiary/aromatic N) is 4. The molecule has 4 aromatic rings. The lowest BCUT2D eigenvalue weighted by Gasteiger charge is -2.26. The van der Waals surface area contributed by atoms with Gasteiger partial charge in [0.05, 0.1) is 6.54 Å². The topological polar surface area (TPSA) is 153 Å². The van der Waals surface area contributed by atoms with Gasteiger partial charge in [0, 0.05) is 49.1 Å². The van der Waals surface area contributed by atoms with E-state index >= 15 is 0 Å². The predicted octanol–water partition coefficient (Wildman–Crippen LogP) is 7.80. The molecule has 0 radical (unpaired) electrons. The molecule has 0 atom stereocenters. The smallest absolute Gasteiger partial charge is 0.354 e. The molecule has 0 bridgehead atoms. The van der Waals surface area contributed by atoms with Crippen molar-refractivity contribution in [1.82, 2.24) is 0 Å². The fourth-order valence-corrected chi connectivity index (χ4v) is 6.08. The molecule has 0 aromatic heterocycles. The lowest BCUT2D eigenvalue weighted by atomic mass is 9.78. The summed E-state index contributed by atoms with van der Waals surface area (Å²) < 4.78 is 16.2. The number of hydrogen-bond acceptors (Lipinski definition) is 11. The number of carbonyl (C=O) groups excluding carboxylic acids is 3. The molecular weight excluding hydrogens is 733 g/mol. The first-order valence-electron chi connectivity index (χ1n) is 18.9. The van der Waals surface area contributed by atoms with Crippen LogP contribution in [0.3, 0.4) is 0 Å². The Bertz CT molecular complexity index is 2170. The van der Waals surface area contributed by atoms with Crippen molar-refractivity contribution in [3.05, 3.63) is 143 Å². The number of benzene rings is 4. The fraction of sp³-hybridized carbons (Fsp3) is 0.255. The second-order valence-electron chi connectivity index (χ2n) is 13.6. The molecule has 0 saturated heterocycles. The quantitative estimate of drug-likeness (QED) is 0.0429. The Balaban J connectivity index is 1.37. The van der Waals surface area contributed by atoms with Crippen molar-refractivity contribution in [2.75, 3.05) is 49.2 Å². The van der Waals surface area contributed by atoms with E-state index < -0.39 is 23.3 Å². The molecular formula is C47H48N4O7. The van der Waals surface area contributed by atoms with Crippen LogP contribution in [0.15, 0.2) is 121 Å². The van der Waals surface area contributed by atoms with Crippen molar-refractivity contribution in [1.29, 1.82) is 10.5 Å². The Morgan fingerprint density at radius 3 is 1.50 bits per heavy atom. The molecule has 298 valence electrons. The molecule has 0 amide bonds. The number of nitriles is 2. The van der Waals surface area contributed by atoms with Gasteiger partial charge in [-0.3, -0.25) is 0 Å². The van der Waals surface area contributed by atoms with Gasteiger partial charge in [0.25, 0.3) is 0 Å². The third kappa shape index (κ3) is 12.0. The van der Waals surface area contributed by atoms with Gasteiger partial charge in [-0.25, -0.2) is 14.4 Å². The van der Waals surface area contributed by atoms with E-state index in [1.54, 1.807) is 36.4 Å². The first kappa shape index (κ1) is 43.8. The molecule has 4 aromatic carbocycles. The second-order valence-corrected chi connectivity index (χ2v) is 13.6. The number of aliphatic hydroxyl groups is 1. The zero-order chi connectivity index (χ0) is 42.1. The predicted molar refractivity (Wildman–Crippen MR) is 225 cm³/mol. The van der Waals surface area contributed by atoms with Crippen LogP contribution >= 0.6 is 0 Å². The minimum absolute atomic E-state index is 0.00545. The first-order chi connectivity index (χ1) is 27.9. The lowest BCUT2D eigenvalue weighted by molar-refractivity contribution is -0.137. The standard InChI is InChI=1S/C47H48N4O7/c1-6-44(53)56-29-27-51(26-9-28-52)41-20-12-35(13-21-41)31-37(33-49)46(55)58-43-24-16-39(17-25-43)47(4,5)38-14-22-42(23-15-38)57-45(54)36(32-48)30-34-10-18-40(19-11-34)50(7-2)8-3/h6,10-25,30-31,52H,1,7-9,26-29H2,2-5H3. The zero-order valence-electron chi connectivity index (χ0n) is 33.3. The third-order valence-electron chi connectivity index (χ3n) is 9.51. The molecule has 58 heavy (non-hydrogen) atoms. The van der Waals surface area contributed by atoms with E-state index in [9.17, 15) is 30.0 Å². The Kier molecular flexibility index (Phi) is 16.1. The van der Waals surface area contributed by atoms with E-state index in [0.29, 0.717) is 36.4 Å². The molecule has 11 heteroatoms. The van der Waals surface area contributed by atoms with Crippen LogP contribution in [0.25, 0.3) is 12.2 Å². The lowest BCUT2D eigenvalue weighted by Crippen LogP contribution is -2.29. The second kappa shape index (κ2) is 21.4. The normalized spacial score (nSPS) is 11.4. The summed E-state index contributed by atoms with van der Waals surface area (Å²) in [4.78, 5) is 41.5. The van der Waals surface area contributed by atoms with Crippen LogP contribution in [0.2, 0.25) is 0 Å². The molecule has 0 aliphatic heterocycles. The molecule has 0 aliphatic carbocycles. The van der Waals surface area contributed by atoms with Crippen LogP contribution in [-0.2, 0) is 24.5 Å². The molecule has 0 fully saturated rings. The van der Waals surface area contributed by atoms with Gasteiger partial charge in [0.1, 0.15) is 41.4 Å². The van der Waals surface area contributed by atoms with Gasteiger partial charge in [-0.15, -0.1) is 0 Å². The first-order valence-corrected chi connectivity index (χ1v) is 18.9. The molecule has 4 rings (SSSR count). The largest absolute Gasteiger partial charge is 0.461 e. The van der Waals surface area contributed by atoms with E-state index in [1.165, 1.54) is 12.2 Å². The van der Waals surface area contributed by atoms with E-state index in [0.717, 1.165) is 41.7 Å². The summed E-state index contributed by atoms with van der Waals surface area (Å²) in [6.45, 7) is 14.5. The highest BCUT2D eigenvalue weighted by atomic mass is 16.5. The Morgan fingerprint density at radius 2 is 1.12 bits per heavy atom. The van der Waals surface area contributed by atoms with Crippen LogP contribution in [0, 0.1) is 22.7 Å². The highest BCUT2D eigenvalue weighted by Crippen LogP contribution is 2.34. The monoisotopic (exact) mass is 780 g/mol. The Hall–Kier alpha value is -6.95. The summed E-state index contributed by atoms with van der Waals surface area (Å²) in [5, 5.41) is 28.8. The summed E-state index contributed by atoms with van der Waals surface area (Å²) in [5.74, 6) is -1.51. The van der Waals surface area contributed by atoms with Crippen molar-refractivity contribution in [3.63, 3.8) is 0 Å². The maximum atomic E-state index is 13.0. The van der Waals surface area contributed by atoms with E-state index in [2.05, 4.69) is 25.3 Å². The van der Waals surface area contributed by atoms with Crippen molar-refractivity contribution in [2.24, 2.45) is 0 Å². The van der Waals surface area contributed by atoms with Gasteiger partial charge < -0.3 is 29.1 Å². The molecule has 0 saturated carbocycles. The summed E-state index contributed by atoms with van der Waals surface area (Å²) in [5.41, 5.74) is 4.25. The number of carbonyl (C=O) groups is 3. The van der Waals surface area contributed by atoms with Crippen molar-refractivity contribution in [2.45, 2.75) is 39.5 Å². The molecule has 0 aliphatic rings. The van der Waals surface area contributed by atoms with Gasteiger partial charge in [0.2, 0.25) is 0 Å². The van der Waals surface area contributed by atoms with Crippen molar-refractivity contribution in [3.8, 4) is 23.6 Å². The minimum Gasteiger partial charge on any atom is -0.461 e. The summed E-state index contributed by atoms with van der Waals surface area (Å²) in [6.07, 6.45) is 4.57. The van der Waals surface area contributed by atoms with Gasteiger partial charge in [0.15, 0.2) is 0 Å². The molecule has 1 N–H and O–H groups in total. The molecule has 0 heterocycles. The maximum Gasteiger partial charge on any atom is 0.354 e. The number of aliphatic hydroxyl groups excluding tert-OH is 1. The Labute approximate surface area is 340 Å². The van der Waals surface area contributed by atoms with Crippen LogP contribution < -0.4 is 19.3 Å². The average molecular weight is 781 g/mol. The zero-order valence-corrected chi connectivity index (χ0v) is 33.3. The number of rotatable bonds is 19. The fourth-order valence-electron chi connectivity index (χ4n) is 6.08. The Morgan fingerprint density at radius 1 is 0.690 bits per heavy atom. The van der Waals surface area contributed by atoms with Crippen molar-refractivity contribution < 1.29 is 33.7 Å².